The molecule has 1 aliphatic rings. The summed E-state index contributed by atoms with van der Waals surface area (Å²) >= 11 is 0. The van der Waals surface area contributed by atoms with E-state index in [4.69, 9.17) is 0 Å². The highest BCUT2D eigenvalue weighted by molar-refractivity contribution is 5.99. The van der Waals surface area contributed by atoms with E-state index in [-0.39, 0.29) is 31.0 Å². The van der Waals surface area contributed by atoms with Crippen LogP contribution in [0.25, 0.3) is 0 Å². The molecule has 0 saturated carbocycles. The zero-order chi connectivity index (χ0) is 31.6. The third-order valence-electron chi connectivity index (χ3n) is 6.71. The number of rotatable bonds is 13. The third-order valence-corrected chi connectivity index (χ3v) is 6.71. The number of likely N-dealkylation sites (tertiary alicyclic amines) is 1. The van der Waals surface area contributed by atoms with Crippen LogP contribution in [0.15, 0.2) is 24.3 Å². The van der Waals surface area contributed by atoms with Gasteiger partial charge in [0.1, 0.15) is 24.2 Å². The normalized spacial score (nSPS) is 16.5. The molecule has 0 radical (unpaired) electrons. The summed E-state index contributed by atoms with van der Waals surface area (Å²) in [5.74, 6) is -3.58. The number of methoxy groups -OCH3 is 1. The first kappa shape index (κ1) is 33.6. The van der Waals surface area contributed by atoms with Gasteiger partial charge in [0.2, 0.25) is 29.5 Å². The zero-order valence-corrected chi connectivity index (χ0v) is 24.3. The molecule has 15 nitrogen and oxygen atoms in total. The van der Waals surface area contributed by atoms with E-state index < -0.39 is 64.6 Å². The Bertz CT molecular complexity index is 1190. The Kier molecular flexibility index (Phi) is 12.4. The number of benzene rings is 1. The highest BCUT2D eigenvalue weighted by Crippen LogP contribution is 2.20. The number of nitrogens with zero attached hydrogens (tertiary/aromatic N) is 2. The molecule has 0 bridgehead atoms. The van der Waals surface area contributed by atoms with Crippen molar-refractivity contribution in [1.29, 1.82) is 0 Å². The van der Waals surface area contributed by atoms with Crippen LogP contribution in [0.3, 0.4) is 0 Å². The number of anilines is 1. The van der Waals surface area contributed by atoms with Gasteiger partial charge in [-0.05, 0) is 44.7 Å². The molecule has 0 aliphatic carbocycles. The summed E-state index contributed by atoms with van der Waals surface area (Å²) in [5, 5.41) is 21.2. The van der Waals surface area contributed by atoms with Crippen molar-refractivity contribution >= 4 is 46.9 Å². The summed E-state index contributed by atoms with van der Waals surface area (Å²) in [6.07, 6.45) is 0.602. The molecule has 0 unspecified atom stereocenters. The fourth-order valence-corrected chi connectivity index (χ4v) is 4.32. The fraction of sp³-hybridized carbons (Fsp3) is 0.556. The van der Waals surface area contributed by atoms with Gasteiger partial charge in [-0.3, -0.25) is 38.9 Å². The van der Waals surface area contributed by atoms with Crippen molar-refractivity contribution in [2.45, 2.75) is 77.5 Å². The molecule has 1 aromatic carbocycles. The lowest BCUT2D eigenvalue weighted by Crippen LogP contribution is -2.57. The van der Waals surface area contributed by atoms with Gasteiger partial charge in [-0.2, -0.15) is 0 Å². The largest absolute Gasteiger partial charge is 0.469 e. The SMILES string of the molecule is COC(=O)CCC(=O)N[C@@H](C)C(=O)N[C@@H](C)C(=O)N1CCC[C@H]1C(=O)N[C@H](C(=O)Nc1ccc([N+](=O)[O-])cc1)C(C)C. The number of nitro groups is 1. The van der Waals surface area contributed by atoms with Gasteiger partial charge < -0.3 is 30.9 Å². The summed E-state index contributed by atoms with van der Waals surface area (Å²) in [6, 6.07) is 1.47. The van der Waals surface area contributed by atoms with E-state index in [1.54, 1.807) is 13.8 Å². The number of hydrogen-bond donors (Lipinski definition) is 4. The minimum absolute atomic E-state index is 0.132. The lowest BCUT2D eigenvalue weighted by atomic mass is 10.0. The van der Waals surface area contributed by atoms with Gasteiger partial charge in [0.15, 0.2) is 0 Å². The summed E-state index contributed by atoms with van der Waals surface area (Å²) in [4.78, 5) is 86.8. The van der Waals surface area contributed by atoms with Crippen LogP contribution < -0.4 is 21.3 Å². The number of nitrogens with one attached hydrogen (secondary N) is 4. The maximum Gasteiger partial charge on any atom is 0.306 e. The Morgan fingerprint density at radius 3 is 2.17 bits per heavy atom. The molecule has 1 fully saturated rings. The van der Waals surface area contributed by atoms with Gasteiger partial charge in [-0.1, -0.05) is 13.8 Å². The summed E-state index contributed by atoms with van der Waals surface area (Å²) < 4.78 is 4.48. The van der Waals surface area contributed by atoms with E-state index in [1.807, 2.05) is 0 Å². The van der Waals surface area contributed by atoms with E-state index in [0.29, 0.717) is 18.5 Å². The molecular formula is C27H38N6O9. The molecular weight excluding hydrogens is 552 g/mol. The van der Waals surface area contributed by atoms with Crippen LogP contribution in [0, 0.1) is 16.0 Å². The van der Waals surface area contributed by atoms with Crippen LogP contribution in [-0.4, -0.2) is 83.2 Å². The van der Waals surface area contributed by atoms with Crippen LogP contribution in [0.5, 0.6) is 0 Å². The molecule has 2 rings (SSSR count). The quantitative estimate of drug-likeness (QED) is 0.144. The van der Waals surface area contributed by atoms with Crippen molar-refractivity contribution < 1.29 is 38.4 Å². The molecule has 5 amide bonds. The standard InChI is InChI=1S/C27H38N6O9/c1-15(2)23(26(38)30-18-8-10-19(11-9-18)33(40)41)31-25(37)20-7-6-14-32(20)27(39)17(4)29-24(36)16(3)28-21(34)12-13-22(35)42-5/h8-11,15-17,20,23H,6-7,12-14H2,1-5H3,(H,28,34)(H,29,36)(H,30,38)(H,31,37)/t16-,17-,20-,23-/m0/s1. The average molecular weight is 591 g/mol. The maximum absolute atomic E-state index is 13.2. The number of non-ortho nitro benzene ring substituents is 1. The summed E-state index contributed by atoms with van der Waals surface area (Å²) in [6.45, 7) is 6.66. The van der Waals surface area contributed by atoms with E-state index in [1.165, 1.54) is 50.1 Å². The highest BCUT2D eigenvalue weighted by Gasteiger charge is 2.38. The van der Waals surface area contributed by atoms with Crippen LogP contribution in [0.2, 0.25) is 0 Å². The van der Waals surface area contributed by atoms with Crippen LogP contribution in [0.4, 0.5) is 11.4 Å². The Labute approximate surface area is 243 Å². The van der Waals surface area contributed by atoms with Crippen LogP contribution >= 0.6 is 0 Å². The number of carbonyl (C=O) groups is 6. The molecule has 4 atom stereocenters. The molecule has 0 spiro atoms. The van der Waals surface area contributed by atoms with Gasteiger partial charge in [-0.25, -0.2) is 0 Å². The predicted molar refractivity (Wildman–Crippen MR) is 150 cm³/mol. The zero-order valence-electron chi connectivity index (χ0n) is 24.3. The molecule has 42 heavy (non-hydrogen) atoms. The van der Waals surface area contributed by atoms with E-state index in [0.717, 1.165) is 0 Å². The monoisotopic (exact) mass is 590 g/mol. The lowest BCUT2D eigenvalue weighted by molar-refractivity contribution is -0.384. The number of hydrogen-bond acceptors (Lipinski definition) is 9. The van der Waals surface area contributed by atoms with Gasteiger partial charge in [0, 0.05) is 30.8 Å². The number of amides is 5. The molecule has 1 aliphatic heterocycles. The molecule has 15 heteroatoms. The maximum atomic E-state index is 13.2. The molecule has 0 aromatic heterocycles. The number of esters is 1. The first-order valence-electron chi connectivity index (χ1n) is 13.6. The van der Waals surface area contributed by atoms with Crippen molar-refractivity contribution in [3.63, 3.8) is 0 Å². The van der Waals surface area contributed by atoms with Crippen molar-refractivity contribution in [3.8, 4) is 0 Å². The van der Waals surface area contributed by atoms with Crippen molar-refractivity contribution in [2.75, 3.05) is 19.0 Å². The lowest BCUT2D eigenvalue weighted by Gasteiger charge is -2.30. The second-order valence-electron chi connectivity index (χ2n) is 10.3. The minimum atomic E-state index is -1.01. The Morgan fingerprint density at radius 2 is 1.60 bits per heavy atom. The van der Waals surface area contributed by atoms with Gasteiger partial charge in [0.05, 0.1) is 18.5 Å². The fourth-order valence-electron chi connectivity index (χ4n) is 4.32. The molecule has 1 heterocycles. The second-order valence-corrected chi connectivity index (χ2v) is 10.3. The van der Waals surface area contributed by atoms with E-state index in [9.17, 15) is 38.9 Å². The van der Waals surface area contributed by atoms with Crippen molar-refractivity contribution in [2.24, 2.45) is 5.92 Å². The van der Waals surface area contributed by atoms with Gasteiger partial charge in [0.25, 0.3) is 5.69 Å². The van der Waals surface area contributed by atoms with Crippen molar-refractivity contribution in [3.05, 3.63) is 34.4 Å². The topological polar surface area (TPSA) is 206 Å². The second kappa shape index (κ2) is 15.4. The highest BCUT2D eigenvalue weighted by atomic mass is 16.6. The van der Waals surface area contributed by atoms with Crippen LogP contribution in [0.1, 0.15) is 53.4 Å². The predicted octanol–water partition coefficient (Wildman–Crippen LogP) is 0.628. The molecule has 1 saturated heterocycles. The molecule has 4 N–H and O–H groups in total. The summed E-state index contributed by atoms with van der Waals surface area (Å²) in [7, 11) is 1.20. The third kappa shape index (κ3) is 9.52. The van der Waals surface area contributed by atoms with E-state index in [2.05, 4.69) is 26.0 Å². The average Bonchev–Trinajstić information content (AvgIpc) is 3.44. The summed E-state index contributed by atoms with van der Waals surface area (Å²) in [5.41, 5.74) is 0.189. The minimum Gasteiger partial charge on any atom is -0.469 e. The Hall–Kier alpha value is -4.56. The first-order chi connectivity index (χ1) is 19.7. The Morgan fingerprint density at radius 1 is 0.952 bits per heavy atom. The first-order valence-corrected chi connectivity index (χ1v) is 13.6. The molecule has 1 aromatic rings. The smallest absolute Gasteiger partial charge is 0.306 e. The number of carbonyl (C=O) groups excluding carboxylic acids is 6. The van der Waals surface area contributed by atoms with E-state index >= 15 is 0 Å². The van der Waals surface area contributed by atoms with Crippen molar-refractivity contribution in [1.82, 2.24) is 20.9 Å². The number of nitro benzene ring substituents is 1. The van der Waals surface area contributed by atoms with Crippen LogP contribution in [-0.2, 0) is 33.5 Å². The number of ether oxygens (including phenoxy) is 1. The van der Waals surface area contributed by atoms with Gasteiger partial charge in [-0.15, -0.1) is 0 Å². The molecule has 230 valence electrons. The van der Waals surface area contributed by atoms with Gasteiger partial charge >= 0.3 is 5.97 Å². The Balaban J connectivity index is 1.97.